The van der Waals surface area contributed by atoms with E-state index in [4.69, 9.17) is 5.73 Å². The number of nitrogens with zero attached hydrogens (tertiary/aromatic N) is 1. The molecule has 0 radical (unpaired) electrons. The predicted molar refractivity (Wildman–Crippen MR) is 93.9 cm³/mol. The fraction of sp³-hybridized carbons (Fsp3) is 0.263. The number of nitrogens with one attached hydrogen (secondary N) is 1. The van der Waals surface area contributed by atoms with Crippen LogP contribution in [0, 0.1) is 6.92 Å². The van der Waals surface area contributed by atoms with Gasteiger partial charge in [-0.2, -0.15) is 0 Å². The number of carbonyl (C=O) groups is 2. The van der Waals surface area contributed by atoms with Gasteiger partial charge in [0, 0.05) is 37.3 Å². The summed E-state index contributed by atoms with van der Waals surface area (Å²) in [6, 6.07) is 13.0. The number of primary amides is 1. The topological polar surface area (TPSA) is 75.4 Å². The number of nitrogens with two attached hydrogens (primary N) is 1. The van der Waals surface area contributed by atoms with Gasteiger partial charge in [0.25, 0.3) is 5.91 Å². The van der Waals surface area contributed by atoms with E-state index in [1.807, 2.05) is 42.2 Å². The SMILES string of the molecule is Cc1ccc(C(N)=O)c(-c2ccccc2)c1C(=O)N1CCNCC1. The van der Waals surface area contributed by atoms with Gasteiger partial charge in [-0.15, -0.1) is 0 Å². The van der Waals surface area contributed by atoms with Crippen LogP contribution in [0.15, 0.2) is 42.5 Å². The van der Waals surface area contributed by atoms with Crippen LogP contribution in [0.25, 0.3) is 11.1 Å². The lowest BCUT2D eigenvalue weighted by molar-refractivity contribution is 0.0736. The first kappa shape index (κ1) is 16.2. The standard InChI is InChI=1S/C19H21N3O2/c1-13-7-8-15(18(20)23)17(14-5-3-2-4-6-14)16(13)19(24)22-11-9-21-10-12-22/h2-8,21H,9-12H2,1H3,(H2,20,23). The van der Waals surface area contributed by atoms with Gasteiger partial charge in [0.1, 0.15) is 0 Å². The fourth-order valence-electron chi connectivity index (χ4n) is 3.12. The molecule has 5 nitrogen and oxygen atoms in total. The Hall–Kier alpha value is -2.66. The van der Waals surface area contributed by atoms with Crippen LogP contribution in [0.4, 0.5) is 0 Å². The Morgan fingerprint density at radius 3 is 2.33 bits per heavy atom. The van der Waals surface area contributed by atoms with Gasteiger partial charge in [0.2, 0.25) is 5.91 Å². The number of aryl methyl sites for hydroxylation is 1. The highest BCUT2D eigenvalue weighted by molar-refractivity contribution is 6.09. The summed E-state index contributed by atoms with van der Waals surface area (Å²) >= 11 is 0. The third-order valence-corrected chi connectivity index (χ3v) is 4.36. The molecule has 3 N–H and O–H groups in total. The van der Waals surface area contributed by atoms with Gasteiger partial charge in [0.15, 0.2) is 0 Å². The first-order chi connectivity index (χ1) is 11.6. The molecule has 2 amide bonds. The first-order valence-electron chi connectivity index (χ1n) is 8.08. The molecule has 0 saturated carbocycles. The van der Waals surface area contributed by atoms with E-state index in [0.29, 0.717) is 29.8 Å². The van der Waals surface area contributed by atoms with E-state index in [9.17, 15) is 9.59 Å². The molecule has 0 spiro atoms. The lowest BCUT2D eigenvalue weighted by Crippen LogP contribution is -2.46. The number of benzene rings is 2. The Morgan fingerprint density at radius 2 is 1.71 bits per heavy atom. The highest BCUT2D eigenvalue weighted by Crippen LogP contribution is 2.31. The van der Waals surface area contributed by atoms with Crippen molar-refractivity contribution in [2.45, 2.75) is 6.92 Å². The van der Waals surface area contributed by atoms with Crippen LogP contribution in [0.2, 0.25) is 0 Å². The van der Waals surface area contributed by atoms with Crippen LogP contribution in [0.1, 0.15) is 26.3 Å². The molecular weight excluding hydrogens is 302 g/mol. The van der Waals surface area contributed by atoms with Crippen molar-refractivity contribution in [3.63, 3.8) is 0 Å². The Kier molecular flexibility index (Phi) is 4.62. The van der Waals surface area contributed by atoms with Gasteiger partial charge in [-0.3, -0.25) is 9.59 Å². The molecule has 1 aliphatic heterocycles. The minimum absolute atomic E-state index is 0.0454. The third-order valence-electron chi connectivity index (χ3n) is 4.36. The molecule has 0 aromatic heterocycles. The van der Waals surface area contributed by atoms with Gasteiger partial charge >= 0.3 is 0 Å². The van der Waals surface area contributed by atoms with E-state index < -0.39 is 5.91 Å². The lowest BCUT2D eigenvalue weighted by Gasteiger charge is -2.29. The molecule has 0 atom stereocenters. The summed E-state index contributed by atoms with van der Waals surface area (Å²) in [6.45, 7) is 4.77. The van der Waals surface area contributed by atoms with Crippen molar-refractivity contribution in [2.75, 3.05) is 26.2 Å². The maximum Gasteiger partial charge on any atom is 0.254 e. The molecule has 0 aliphatic carbocycles. The van der Waals surface area contributed by atoms with Crippen molar-refractivity contribution in [2.24, 2.45) is 5.73 Å². The van der Waals surface area contributed by atoms with Crippen molar-refractivity contribution in [1.82, 2.24) is 10.2 Å². The van der Waals surface area contributed by atoms with Crippen LogP contribution in [0.5, 0.6) is 0 Å². The number of amides is 2. The van der Waals surface area contributed by atoms with Gasteiger partial charge in [-0.1, -0.05) is 36.4 Å². The monoisotopic (exact) mass is 323 g/mol. The summed E-state index contributed by atoms with van der Waals surface area (Å²) in [5.41, 5.74) is 8.83. The largest absolute Gasteiger partial charge is 0.366 e. The Bertz CT molecular complexity index is 766. The molecule has 1 saturated heterocycles. The van der Waals surface area contributed by atoms with Gasteiger partial charge in [0.05, 0.1) is 5.56 Å². The molecule has 124 valence electrons. The molecular formula is C19H21N3O2. The molecule has 0 bridgehead atoms. The maximum atomic E-state index is 13.1. The van der Waals surface area contributed by atoms with Gasteiger partial charge < -0.3 is 16.0 Å². The molecule has 24 heavy (non-hydrogen) atoms. The summed E-state index contributed by atoms with van der Waals surface area (Å²) in [5.74, 6) is -0.570. The lowest BCUT2D eigenvalue weighted by atomic mass is 9.90. The second-order valence-electron chi connectivity index (χ2n) is 5.95. The van der Waals surface area contributed by atoms with Crippen LogP contribution in [0.3, 0.4) is 0 Å². The summed E-state index contributed by atoms with van der Waals surface area (Å²) in [6.07, 6.45) is 0. The molecule has 5 heteroatoms. The van der Waals surface area contributed by atoms with E-state index >= 15 is 0 Å². The number of piperazine rings is 1. The zero-order valence-electron chi connectivity index (χ0n) is 13.7. The smallest absolute Gasteiger partial charge is 0.254 e. The highest BCUT2D eigenvalue weighted by atomic mass is 16.2. The Labute approximate surface area is 141 Å². The number of carbonyl (C=O) groups excluding carboxylic acids is 2. The van der Waals surface area contributed by atoms with E-state index in [1.165, 1.54) is 0 Å². The number of rotatable bonds is 3. The summed E-state index contributed by atoms with van der Waals surface area (Å²) in [4.78, 5) is 26.9. The van der Waals surface area contributed by atoms with E-state index in [1.54, 1.807) is 12.1 Å². The van der Waals surface area contributed by atoms with Gasteiger partial charge in [-0.05, 0) is 24.1 Å². The van der Waals surface area contributed by atoms with E-state index in [-0.39, 0.29) is 5.91 Å². The average molecular weight is 323 g/mol. The van der Waals surface area contributed by atoms with Crippen molar-refractivity contribution < 1.29 is 9.59 Å². The Balaban J connectivity index is 2.18. The quantitative estimate of drug-likeness (QED) is 0.904. The number of hydrogen-bond acceptors (Lipinski definition) is 3. The average Bonchev–Trinajstić information content (AvgIpc) is 2.62. The summed E-state index contributed by atoms with van der Waals surface area (Å²) in [7, 11) is 0. The van der Waals surface area contributed by atoms with Crippen LogP contribution in [-0.2, 0) is 0 Å². The van der Waals surface area contributed by atoms with Crippen molar-refractivity contribution in [3.05, 3.63) is 59.2 Å². The molecule has 3 rings (SSSR count). The normalized spacial score (nSPS) is 14.5. The van der Waals surface area contributed by atoms with E-state index in [2.05, 4.69) is 5.32 Å². The Morgan fingerprint density at radius 1 is 1.04 bits per heavy atom. The van der Waals surface area contributed by atoms with Crippen LogP contribution in [-0.4, -0.2) is 42.9 Å². The van der Waals surface area contributed by atoms with E-state index in [0.717, 1.165) is 24.2 Å². The number of hydrogen-bond donors (Lipinski definition) is 2. The zero-order chi connectivity index (χ0) is 17.1. The molecule has 1 fully saturated rings. The highest BCUT2D eigenvalue weighted by Gasteiger charge is 2.26. The first-order valence-corrected chi connectivity index (χ1v) is 8.08. The van der Waals surface area contributed by atoms with Crippen LogP contribution >= 0.6 is 0 Å². The molecule has 1 heterocycles. The molecule has 0 unspecified atom stereocenters. The minimum Gasteiger partial charge on any atom is -0.366 e. The second kappa shape index (κ2) is 6.84. The van der Waals surface area contributed by atoms with Crippen molar-refractivity contribution >= 4 is 11.8 Å². The van der Waals surface area contributed by atoms with Gasteiger partial charge in [-0.25, -0.2) is 0 Å². The maximum absolute atomic E-state index is 13.1. The second-order valence-corrected chi connectivity index (χ2v) is 5.95. The van der Waals surface area contributed by atoms with Crippen LogP contribution < -0.4 is 11.1 Å². The molecule has 2 aromatic carbocycles. The minimum atomic E-state index is -0.525. The fourth-order valence-corrected chi connectivity index (χ4v) is 3.12. The molecule has 2 aromatic rings. The zero-order valence-corrected chi connectivity index (χ0v) is 13.7. The summed E-state index contributed by atoms with van der Waals surface area (Å²) < 4.78 is 0. The summed E-state index contributed by atoms with van der Waals surface area (Å²) in [5, 5.41) is 3.24. The predicted octanol–water partition coefficient (Wildman–Crippen LogP) is 1.81. The third kappa shape index (κ3) is 3.03. The van der Waals surface area contributed by atoms with Crippen molar-refractivity contribution in [3.8, 4) is 11.1 Å². The molecule has 1 aliphatic rings. The van der Waals surface area contributed by atoms with Crippen molar-refractivity contribution in [1.29, 1.82) is 0 Å².